The van der Waals surface area contributed by atoms with Crippen LogP contribution in [0.1, 0.15) is 5.56 Å². The van der Waals surface area contributed by atoms with E-state index in [1.807, 2.05) is 0 Å². The van der Waals surface area contributed by atoms with Crippen molar-refractivity contribution in [2.75, 3.05) is 5.32 Å². The van der Waals surface area contributed by atoms with Crippen molar-refractivity contribution in [3.05, 3.63) is 40.2 Å². The molecule has 0 saturated heterocycles. The van der Waals surface area contributed by atoms with Crippen molar-refractivity contribution in [2.24, 2.45) is 12.8 Å². The van der Waals surface area contributed by atoms with E-state index in [-0.39, 0.29) is 9.46 Å². The minimum Gasteiger partial charge on any atom is -0.389 e. The molecule has 1 aromatic carbocycles. The van der Waals surface area contributed by atoms with Gasteiger partial charge in [-0.3, -0.25) is 4.68 Å². The zero-order valence-electron chi connectivity index (χ0n) is 9.45. The van der Waals surface area contributed by atoms with Crippen LogP contribution in [-0.2, 0) is 7.05 Å². The first-order valence-corrected chi connectivity index (χ1v) is 6.23. The van der Waals surface area contributed by atoms with E-state index < -0.39 is 5.82 Å². The van der Waals surface area contributed by atoms with Gasteiger partial charge in [-0.05, 0) is 28.1 Å². The number of aryl methyl sites for hydroxylation is 1. The van der Waals surface area contributed by atoms with Gasteiger partial charge in [0.25, 0.3) is 0 Å². The van der Waals surface area contributed by atoms with E-state index in [1.54, 1.807) is 36.1 Å². The Kier molecular flexibility index (Phi) is 3.63. The summed E-state index contributed by atoms with van der Waals surface area (Å²) in [5.41, 5.74) is 6.29. The first kappa shape index (κ1) is 13.0. The number of thiocarbonyl (C=S) groups is 1. The van der Waals surface area contributed by atoms with Crippen LogP contribution in [-0.4, -0.2) is 14.8 Å². The predicted octanol–water partition coefficient (Wildman–Crippen LogP) is 2.70. The van der Waals surface area contributed by atoms with Gasteiger partial charge in [0.2, 0.25) is 0 Å². The number of halogens is 2. The molecule has 0 aliphatic heterocycles. The van der Waals surface area contributed by atoms with Crippen molar-refractivity contribution in [3.63, 3.8) is 0 Å². The summed E-state index contributed by atoms with van der Waals surface area (Å²) in [5, 5.41) is 6.93. The Morgan fingerprint density at radius 1 is 1.50 bits per heavy atom. The zero-order valence-corrected chi connectivity index (χ0v) is 11.8. The Hall–Kier alpha value is -1.47. The highest BCUT2D eigenvalue weighted by Crippen LogP contribution is 2.28. The average molecular weight is 329 g/mol. The monoisotopic (exact) mass is 328 g/mol. The molecule has 0 bridgehead atoms. The van der Waals surface area contributed by atoms with Crippen LogP contribution in [0, 0.1) is 5.82 Å². The number of nitrogens with zero attached hydrogens (tertiary/aromatic N) is 2. The Morgan fingerprint density at radius 2 is 2.22 bits per heavy atom. The van der Waals surface area contributed by atoms with Crippen molar-refractivity contribution in [1.82, 2.24) is 9.78 Å². The van der Waals surface area contributed by atoms with Gasteiger partial charge in [-0.1, -0.05) is 12.2 Å². The van der Waals surface area contributed by atoms with Gasteiger partial charge in [-0.25, -0.2) is 4.39 Å². The molecular weight excluding hydrogens is 319 g/mol. The molecule has 0 unspecified atom stereocenters. The number of nitrogens with one attached hydrogen (secondary N) is 1. The van der Waals surface area contributed by atoms with Gasteiger partial charge in [0, 0.05) is 18.7 Å². The van der Waals surface area contributed by atoms with Crippen molar-refractivity contribution in [1.29, 1.82) is 0 Å². The second-order valence-electron chi connectivity index (χ2n) is 3.62. The molecule has 18 heavy (non-hydrogen) atoms. The van der Waals surface area contributed by atoms with E-state index in [4.69, 9.17) is 18.0 Å². The maximum absolute atomic E-state index is 14.1. The molecule has 0 spiro atoms. The van der Waals surface area contributed by atoms with Crippen LogP contribution in [0.3, 0.4) is 0 Å². The van der Waals surface area contributed by atoms with E-state index >= 15 is 0 Å². The van der Waals surface area contributed by atoms with E-state index in [0.717, 1.165) is 0 Å². The summed E-state index contributed by atoms with van der Waals surface area (Å²) in [6, 6.07) is 4.99. The molecular formula is C11H10BrFN4S. The zero-order chi connectivity index (χ0) is 13.3. The maximum atomic E-state index is 14.1. The smallest absolute Gasteiger partial charge is 0.161 e. The quantitative estimate of drug-likeness (QED) is 0.850. The first-order chi connectivity index (χ1) is 8.50. The van der Waals surface area contributed by atoms with Crippen molar-refractivity contribution < 1.29 is 4.39 Å². The molecule has 0 saturated carbocycles. The third-order valence-corrected chi connectivity index (χ3v) is 3.43. The molecule has 1 heterocycles. The molecule has 0 aliphatic carbocycles. The normalized spacial score (nSPS) is 10.4. The molecule has 94 valence electrons. The topological polar surface area (TPSA) is 55.9 Å². The number of hydrogen-bond acceptors (Lipinski definition) is 3. The predicted molar refractivity (Wildman–Crippen MR) is 76.5 cm³/mol. The Bertz CT molecular complexity index is 611. The Labute approximate surface area is 117 Å². The molecule has 0 aliphatic rings. The summed E-state index contributed by atoms with van der Waals surface area (Å²) >= 11 is 7.99. The lowest BCUT2D eigenvalue weighted by Crippen LogP contribution is -2.11. The molecule has 1 aromatic heterocycles. The van der Waals surface area contributed by atoms with Gasteiger partial charge in [0.05, 0.1) is 16.4 Å². The van der Waals surface area contributed by atoms with Crippen molar-refractivity contribution in [3.8, 4) is 0 Å². The minimum atomic E-state index is -0.443. The second-order valence-corrected chi connectivity index (χ2v) is 4.85. The third kappa shape index (κ3) is 2.37. The van der Waals surface area contributed by atoms with Gasteiger partial charge in [0.1, 0.15) is 10.8 Å². The highest BCUT2D eigenvalue weighted by molar-refractivity contribution is 9.10. The molecule has 0 fully saturated rings. The van der Waals surface area contributed by atoms with Gasteiger partial charge in [-0.2, -0.15) is 5.10 Å². The lowest BCUT2D eigenvalue weighted by Gasteiger charge is -2.11. The van der Waals surface area contributed by atoms with Crippen LogP contribution < -0.4 is 11.1 Å². The first-order valence-electron chi connectivity index (χ1n) is 5.03. The summed E-state index contributed by atoms with van der Waals surface area (Å²) < 4.78 is 15.9. The van der Waals surface area contributed by atoms with Crippen LogP contribution in [0.15, 0.2) is 28.9 Å². The van der Waals surface area contributed by atoms with E-state index in [0.29, 0.717) is 17.1 Å². The summed E-state index contributed by atoms with van der Waals surface area (Å²) in [7, 11) is 1.76. The fraction of sp³-hybridized carbons (Fsp3) is 0.0909. The summed E-state index contributed by atoms with van der Waals surface area (Å²) in [4.78, 5) is 0.146. The second kappa shape index (κ2) is 5.03. The largest absolute Gasteiger partial charge is 0.389 e. The number of benzene rings is 1. The fourth-order valence-electron chi connectivity index (χ4n) is 1.47. The molecule has 2 aromatic rings. The number of aromatic nitrogens is 2. The summed E-state index contributed by atoms with van der Waals surface area (Å²) in [6.45, 7) is 0. The minimum absolute atomic E-state index is 0.146. The van der Waals surface area contributed by atoms with Gasteiger partial charge < -0.3 is 11.1 Å². The standard InChI is InChI=1S/C11H10BrFN4S/c1-17-8(4-5-15-17)16-7-3-2-6(11(14)18)9(12)10(7)13/h2-5,16H,1H3,(H2,14,18). The van der Waals surface area contributed by atoms with Crippen molar-refractivity contribution in [2.45, 2.75) is 0 Å². The number of rotatable bonds is 3. The van der Waals surface area contributed by atoms with Crippen LogP contribution >= 0.6 is 28.1 Å². The van der Waals surface area contributed by atoms with Crippen molar-refractivity contribution >= 4 is 44.6 Å². The number of hydrogen-bond donors (Lipinski definition) is 2. The molecule has 0 radical (unpaired) electrons. The van der Waals surface area contributed by atoms with Crippen LogP contribution in [0.25, 0.3) is 0 Å². The molecule has 4 nitrogen and oxygen atoms in total. The van der Waals surface area contributed by atoms with E-state index in [9.17, 15) is 4.39 Å². The van der Waals surface area contributed by atoms with Crippen LogP contribution in [0.5, 0.6) is 0 Å². The SMILES string of the molecule is Cn1nccc1Nc1ccc(C(N)=S)c(Br)c1F. The highest BCUT2D eigenvalue weighted by Gasteiger charge is 2.13. The van der Waals surface area contributed by atoms with Crippen LogP contribution in [0.2, 0.25) is 0 Å². The number of anilines is 2. The third-order valence-electron chi connectivity index (χ3n) is 2.43. The van der Waals surface area contributed by atoms with Gasteiger partial charge in [0.15, 0.2) is 5.82 Å². The van der Waals surface area contributed by atoms with Crippen LogP contribution in [0.4, 0.5) is 15.9 Å². The van der Waals surface area contributed by atoms with E-state index in [1.165, 1.54) is 0 Å². The average Bonchev–Trinajstić information content (AvgIpc) is 2.70. The Balaban J connectivity index is 2.39. The summed E-state index contributed by atoms with van der Waals surface area (Å²) in [6.07, 6.45) is 1.62. The lowest BCUT2D eigenvalue weighted by atomic mass is 10.2. The molecule has 0 atom stereocenters. The molecule has 7 heteroatoms. The number of nitrogens with two attached hydrogens (primary N) is 1. The lowest BCUT2D eigenvalue weighted by molar-refractivity contribution is 0.624. The molecule has 3 N–H and O–H groups in total. The highest BCUT2D eigenvalue weighted by atomic mass is 79.9. The molecule has 0 amide bonds. The van der Waals surface area contributed by atoms with E-state index in [2.05, 4.69) is 26.3 Å². The van der Waals surface area contributed by atoms with Gasteiger partial charge >= 0.3 is 0 Å². The summed E-state index contributed by atoms with van der Waals surface area (Å²) in [5.74, 6) is 0.241. The fourth-order valence-corrected chi connectivity index (χ4v) is 2.33. The molecule has 2 rings (SSSR count). The maximum Gasteiger partial charge on any atom is 0.161 e. The van der Waals surface area contributed by atoms with Gasteiger partial charge in [-0.15, -0.1) is 0 Å². The Morgan fingerprint density at radius 3 is 2.78 bits per heavy atom.